The van der Waals surface area contributed by atoms with Gasteiger partial charge in [0.2, 0.25) is 11.8 Å². The van der Waals surface area contributed by atoms with Crippen LogP contribution < -0.4 is 11.1 Å². The molecule has 1 aromatic carbocycles. The minimum atomic E-state index is -4.46. The van der Waals surface area contributed by atoms with E-state index in [1.165, 1.54) is 6.07 Å². The number of alkyl halides is 3. The number of amides is 4. The standard InChI is InChI=1S/C22H25F3N4O4/c23-22(24,25)17(26)10-13-3-1-2-8-28(13)11-12-4-5-14-15(9-12)21(33)29(20(14)32)16-6-7-18(30)27-19(16)31/h4-5,9,13,16-17H,1-3,6-8,10-11,26H2,(H,27,30,31). The van der Waals surface area contributed by atoms with Crippen molar-refractivity contribution in [1.82, 2.24) is 15.1 Å². The van der Waals surface area contributed by atoms with Gasteiger partial charge in [0.25, 0.3) is 11.8 Å². The van der Waals surface area contributed by atoms with Gasteiger partial charge < -0.3 is 5.73 Å². The number of nitrogens with one attached hydrogen (secondary N) is 1. The van der Waals surface area contributed by atoms with E-state index in [0.717, 1.165) is 17.7 Å². The Morgan fingerprint density at radius 2 is 1.79 bits per heavy atom. The number of likely N-dealkylation sites (tertiary alicyclic amines) is 1. The minimum absolute atomic E-state index is 0.0332. The molecule has 0 aromatic heterocycles. The molecule has 0 aliphatic carbocycles. The van der Waals surface area contributed by atoms with Gasteiger partial charge in [0.05, 0.1) is 11.1 Å². The molecule has 3 aliphatic heterocycles. The summed E-state index contributed by atoms with van der Waals surface area (Å²) in [4.78, 5) is 52.2. The number of nitrogens with two attached hydrogens (primary N) is 1. The fourth-order valence-electron chi connectivity index (χ4n) is 4.81. The quantitative estimate of drug-likeness (QED) is 0.639. The molecule has 3 heterocycles. The molecule has 3 unspecified atom stereocenters. The van der Waals surface area contributed by atoms with E-state index < -0.39 is 41.9 Å². The van der Waals surface area contributed by atoms with Gasteiger partial charge in [-0.3, -0.25) is 34.3 Å². The van der Waals surface area contributed by atoms with E-state index in [1.54, 1.807) is 12.1 Å². The Hall–Kier alpha value is -2.79. The molecule has 0 bridgehead atoms. The van der Waals surface area contributed by atoms with E-state index in [0.29, 0.717) is 25.1 Å². The van der Waals surface area contributed by atoms with Crippen molar-refractivity contribution in [2.75, 3.05) is 6.54 Å². The van der Waals surface area contributed by atoms with Gasteiger partial charge in [0.15, 0.2) is 0 Å². The average molecular weight is 466 g/mol. The molecule has 2 fully saturated rings. The third kappa shape index (κ3) is 4.65. The van der Waals surface area contributed by atoms with Crippen LogP contribution in [0.15, 0.2) is 18.2 Å². The molecule has 3 N–H and O–H groups in total. The fourth-order valence-corrected chi connectivity index (χ4v) is 4.81. The lowest BCUT2D eigenvalue weighted by atomic mass is 9.95. The molecule has 1 aromatic rings. The van der Waals surface area contributed by atoms with Crippen molar-refractivity contribution in [3.05, 3.63) is 34.9 Å². The molecule has 3 aliphatic rings. The molecule has 178 valence electrons. The molecule has 0 radical (unpaired) electrons. The van der Waals surface area contributed by atoms with Gasteiger partial charge >= 0.3 is 6.18 Å². The van der Waals surface area contributed by atoms with Crippen LogP contribution in [0.1, 0.15) is 64.8 Å². The number of carbonyl (C=O) groups is 4. The first kappa shape index (κ1) is 23.4. The van der Waals surface area contributed by atoms with Crippen LogP contribution in [0.25, 0.3) is 0 Å². The summed E-state index contributed by atoms with van der Waals surface area (Å²) in [5, 5.41) is 2.15. The third-order valence-corrected chi connectivity index (χ3v) is 6.59. The molecule has 33 heavy (non-hydrogen) atoms. The number of rotatable bonds is 5. The van der Waals surface area contributed by atoms with Gasteiger partial charge in [-0.15, -0.1) is 0 Å². The Balaban J connectivity index is 1.51. The second-order valence-corrected chi connectivity index (χ2v) is 8.83. The summed E-state index contributed by atoms with van der Waals surface area (Å²) in [6, 6.07) is 1.47. The van der Waals surface area contributed by atoms with Gasteiger partial charge in [-0.05, 0) is 49.9 Å². The smallest absolute Gasteiger partial charge is 0.320 e. The number of nitrogens with zero attached hydrogens (tertiary/aromatic N) is 2. The van der Waals surface area contributed by atoms with E-state index in [1.807, 2.05) is 4.90 Å². The molecular weight excluding hydrogens is 441 g/mol. The second-order valence-electron chi connectivity index (χ2n) is 8.83. The number of hydrogen-bond acceptors (Lipinski definition) is 6. The molecule has 11 heteroatoms. The number of benzene rings is 1. The predicted molar refractivity (Wildman–Crippen MR) is 110 cm³/mol. The molecule has 4 rings (SSSR count). The van der Waals surface area contributed by atoms with Crippen LogP contribution >= 0.6 is 0 Å². The van der Waals surface area contributed by atoms with Crippen molar-refractivity contribution in [2.24, 2.45) is 5.73 Å². The Morgan fingerprint density at radius 1 is 1.06 bits per heavy atom. The van der Waals surface area contributed by atoms with Crippen molar-refractivity contribution in [3.8, 4) is 0 Å². The zero-order valence-electron chi connectivity index (χ0n) is 17.9. The average Bonchev–Trinajstić information content (AvgIpc) is 2.99. The van der Waals surface area contributed by atoms with Gasteiger partial charge in [-0.2, -0.15) is 13.2 Å². The molecule has 0 spiro atoms. The number of carbonyl (C=O) groups excluding carboxylic acids is 4. The normalized spacial score (nSPS) is 25.3. The summed E-state index contributed by atoms with van der Waals surface area (Å²) in [5.41, 5.74) is 6.37. The number of fused-ring (bicyclic) bond motifs is 1. The first-order valence-corrected chi connectivity index (χ1v) is 11.0. The van der Waals surface area contributed by atoms with Crippen molar-refractivity contribution in [2.45, 2.75) is 69.4 Å². The van der Waals surface area contributed by atoms with E-state index in [4.69, 9.17) is 5.73 Å². The van der Waals surface area contributed by atoms with E-state index in [9.17, 15) is 32.3 Å². The van der Waals surface area contributed by atoms with Gasteiger partial charge in [-0.25, -0.2) is 0 Å². The molecular formula is C22H25F3N4O4. The summed E-state index contributed by atoms with van der Waals surface area (Å²) < 4.78 is 38.9. The summed E-state index contributed by atoms with van der Waals surface area (Å²) in [7, 11) is 0. The summed E-state index contributed by atoms with van der Waals surface area (Å²) in [5.74, 6) is -2.33. The van der Waals surface area contributed by atoms with Crippen LogP contribution in [0.3, 0.4) is 0 Å². The van der Waals surface area contributed by atoms with E-state index >= 15 is 0 Å². The Labute approximate surface area is 188 Å². The van der Waals surface area contributed by atoms with E-state index in [2.05, 4.69) is 5.32 Å². The first-order chi connectivity index (χ1) is 15.6. The van der Waals surface area contributed by atoms with Gasteiger partial charge in [0, 0.05) is 19.0 Å². The predicted octanol–water partition coefficient (Wildman–Crippen LogP) is 1.72. The highest BCUT2D eigenvalue weighted by Gasteiger charge is 2.45. The van der Waals surface area contributed by atoms with Crippen LogP contribution in [-0.4, -0.2) is 64.3 Å². The summed E-state index contributed by atoms with van der Waals surface area (Å²) in [6.45, 7) is 0.935. The molecule has 2 saturated heterocycles. The highest BCUT2D eigenvalue weighted by Crippen LogP contribution is 2.31. The monoisotopic (exact) mass is 466 g/mol. The van der Waals surface area contributed by atoms with Crippen molar-refractivity contribution < 1.29 is 32.3 Å². The van der Waals surface area contributed by atoms with Crippen molar-refractivity contribution in [3.63, 3.8) is 0 Å². The van der Waals surface area contributed by atoms with Crippen LogP contribution in [0, 0.1) is 0 Å². The molecule has 3 atom stereocenters. The molecule has 8 nitrogen and oxygen atoms in total. The van der Waals surface area contributed by atoms with Crippen LogP contribution in [0.5, 0.6) is 0 Å². The third-order valence-electron chi connectivity index (χ3n) is 6.59. The van der Waals surface area contributed by atoms with Crippen LogP contribution in [0.4, 0.5) is 13.2 Å². The SMILES string of the molecule is NC(CC1CCCCN1Cc1ccc2c(c1)C(=O)N(C1CCC(=O)NC1=O)C2=O)C(F)(F)F. The number of piperidine rings is 2. The maximum atomic E-state index is 13.0. The lowest BCUT2D eigenvalue weighted by Crippen LogP contribution is -2.54. The van der Waals surface area contributed by atoms with Crippen molar-refractivity contribution >= 4 is 23.6 Å². The van der Waals surface area contributed by atoms with Gasteiger partial charge in [0.1, 0.15) is 12.1 Å². The highest BCUT2D eigenvalue weighted by molar-refractivity contribution is 6.23. The topological polar surface area (TPSA) is 113 Å². The fraction of sp³-hybridized carbons (Fsp3) is 0.545. The zero-order chi connectivity index (χ0) is 23.9. The largest absolute Gasteiger partial charge is 0.403 e. The minimum Gasteiger partial charge on any atom is -0.320 e. The van der Waals surface area contributed by atoms with E-state index in [-0.39, 0.29) is 36.4 Å². The van der Waals surface area contributed by atoms with Crippen molar-refractivity contribution in [1.29, 1.82) is 0 Å². The highest BCUT2D eigenvalue weighted by atomic mass is 19.4. The second kappa shape index (κ2) is 8.86. The Bertz CT molecular complexity index is 996. The Kier molecular flexibility index (Phi) is 6.28. The van der Waals surface area contributed by atoms with Crippen LogP contribution in [-0.2, 0) is 16.1 Å². The summed E-state index contributed by atoms with van der Waals surface area (Å²) >= 11 is 0. The van der Waals surface area contributed by atoms with Crippen LogP contribution in [0.2, 0.25) is 0 Å². The maximum absolute atomic E-state index is 13.0. The lowest BCUT2D eigenvalue weighted by Gasteiger charge is -2.37. The number of halogens is 3. The lowest BCUT2D eigenvalue weighted by molar-refractivity contribution is -0.152. The maximum Gasteiger partial charge on any atom is 0.403 e. The number of hydrogen-bond donors (Lipinski definition) is 2. The zero-order valence-corrected chi connectivity index (χ0v) is 17.9. The number of imide groups is 2. The molecule has 0 saturated carbocycles. The first-order valence-electron chi connectivity index (χ1n) is 11.0. The van der Waals surface area contributed by atoms with Gasteiger partial charge in [-0.1, -0.05) is 12.5 Å². The summed E-state index contributed by atoms with van der Waals surface area (Å²) in [6.07, 6.45) is -2.27. The Morgan fingerprint density at radius 3 is 2.48 bits per heavy atom. The molecule has 4 amide bonds.